The van der Waals surface area contributed by atoms with E-state index in [-0.39, 0.29) is 5.75 Å². The van der Waals surface area contributed by atoms with E-state index in [2.05, 4.69) is 0 Å². The molecule has 0 saturated carbocycles. The van der Waals surface area contributed by atoms with E-state index in [1.54, 1.807) is 12.1 Å². The van der Waals surface area contributed by atoms with Crippen LogP contribution in [-0.2, 0) is 0 Å². The van der Waals surface area contributed by atoms with Gasteiger partial charge in [-0.25, -0.2) is 0 Å². The molecular weight excluding hydrogens is 226 g/mol. The number of hydrogen-bond donors (Lipinski definition) is 1. The maximum Gasteiger partial charge on any atom is 0.152 e. The molecule has 0 aliphatic rings. The van der Waals surface area contributed by atoms with Gasteiger partial charge >= 0.3 is 0 Å². The standard InChI is InChI=1S/C15H11NO2/c17-10-11-9-16(12-5-7-13(18)8-6-12)15-4-2-1-3-14(11)15/h1-10,18H. The molecule has 0 spiro atoms. The second-order valence-electron chi connectivity index (χ2n) is 4.11. The number of aromatic nitrogens is 1. The Bertz CT molecular complexity index is 711. The van der Waals surface area contributed by atoms with Crippen LogP contribution < -0.4 is 0 Å². The Balaban J connectivity index is 2.29. The SMILES string of the molecule is O=Cc1cn(-c2ccc(O)cc2)c2ccccc12. The number of phenolic OH excluding ortho intramolecular Hbond substituents is 1. The second-order valence-corrected chi connectivity index (χ2v) is 4.11. The molecule has 2 aromatic carbocycles. The van der Waals surface area contributed by atoms with Crippen molar-refractivity contribution in [1.29, 1.82) is 0 Å². The van der Waals surface area contributed by atoms with Crippen LogP contribution >= 0.6 is 0 Å². The Labute approximate surface area is 104 Å². The zero-order chi connectivity index (χ0) is 12.5. The fourth-order valence-corrected chi connectivity index (χ4v) is 2.13. The molecule has 0 atom stereocenters. The summed E-state index contributed by atoms with van der Waals surface area (Å²) in [4.78, 5) is 11.1. The summed E-state index contributed by atoms with van der Waals surface area (Å²) in [6.45, 7) is 0. The molecule has 0 aliphatic heterocycles. The number of benzene rings is 2. The minimum Gasteiger partial charge on any atom is -0.508 e. The highest BCUT2D eigenvalue weighted by atomic mass is 16.3. The largest absolute Gasteiger partial charge is 0.508 e. The molecule has 18 heavy (non-hydrogen) atoms. The first-order valence-electron chi connectivity index (χ1n) is 5.64. The molecule has 0 radical (unpaired) electrons. The number of hydrogen-bond acceptors (Lipinski definition) is 2. The van der Waals surface area contributed by atoms with Crippen molar-refractivity contribution in [3.63, 3.8) is 0 Å². The van der Waals surface area contributed by atoms with Gasteiger partial charge in [0.05, 0.1) is 5.52 Å². The lowest BCUT2D eigenvalue weighted by Gasteiger charge is -2.04. The number of para-hydroxylation sites is 1. The van der Waals surface area contributed by atoms with E-state index in [1.165, 1.54) is 0 Å². The monoisotopic (exact) mass is 237 g/mol. The van der Waals surface area contributed by atoms with Crippen molar-refractivity contribution >= 4 is 17.2 Å². The van der Waals surface area contributed by atoms with E-state index in [1.807, 2.05) is 47.2 Å². The number of aldehydes is 1. The van der Waals surface area contributed by atoms with Crippen LogP contribution in [0, 0.1) is 0 Å². The molecular formula is C15H11NO2. The first kappa shape index (κ1) is 10.6. The van der Waals surface area contributed by atoms with Gasteiger partial charge in [-0.3, -0.25) is 4.79 Å². The number of aromatic hydroxyl groups is 1. The minimum absolute atomic E-state index is 0.228. The van der Waals surface area contributed by atoms with Gasteiger partial charge in [0.15, 0.2) is 6.29 Å². The molecule has 1 heterocycles. The molecule has 0 fully saturated rings. The number of rotatable bonds is 2. The third kappa shape index (κ3) is 1.57. The van der Waals surface area contributed by atoms with E-state index in [0.717, 1.165) is 22.9 Å². The fourth-order valence-electron chi connectivity index (χ4n) is 2.13. The van der Waals surface area contributed by atoms with Gasteiger partial charge in [0.1, 0.15) is 5.75 Å². The molecule has 3 nitrogen and oxygen atoms in total. The quantitative estimate of drug-likeness (QED) is 0.696. The van der Waals surface area contributed by atoms with Crippen molar-refractivity contribution in [3.05, 3.63) is 60.3 Å². The Morgan fingerprint density at radius 2 is 1.72 bits per heavy atom. The summed E-state index contributed by atoms with van der Waals surface area (Å²) in [5.41, 5.74) is 2.56. The highest BCUT2D eigenvalue weighted by molar-refractivity contribution is 5.98. The summed E-state index contributed by atoms with van der Waals surface area (Å²) < 4.78 is 1.94. The molecule has 0 amide bonds. The third-order valence-corrected chi connectivity index (χ3v) is 3.00. The summed E-state index contributed by atoms with van der Waals surface area (Å²) in [5, 5.41) is 10.2. The van der Waals surface area contributed by atoms with Crippen molar-refractivity contribution in [2.45, 2.75) is 0 Å². The predicted octanol–water partition coefficient (Wildman–Crippen LogP) is 3.15. The number of fused-ring (bicyclic) bond motifs is 1. The van der Waals surface area contributed by atoms with Crippen molar-refractivity contribution in [3.8, 4) is 11.4 Å². The van der Waals surface area contributed by atoms with E-state index < -0.39 is 0 Å². The van der Waals surface area contributed by atoms with Gasteiger partial charge in [0.25, 0.3) is 0 Å². The van der Waals surface area contributed by atoms with Crippen LogP contribution in [0.5, 0.6) is 5.75 Å². The highest BCUT2D eigenvalue weighted by Gasteiger charge is 2.08. The van der Waals surface area contributed by atoms with Crippen LogP contribution in [0.25, 0.3) is 16.6 Å². The Kier molecular flexibility index (Phi) is 2.38. The molecule has 0 aliphatic carbocycles. The molecule has 0 saturated heterocycles. The lowest BCUT2D eigenvalue weighted by molar-refractivity contribution is 0.112. The van der Waals surface area contributed by atoms with E-state index in [4.69, 9.17) is 0 Å². The van der Waals surface area contributed by atoms with Gasteiger partial charge < -0.3 is 9.67 Å². The smallest absolute Gasteiger partial charge is 0.152 e. The topological polar surface area (TPSA) is 42.2 Å². The summed E-state index contributed by atoms with van der Waals surface area (Å²) >= 11 is 0. The predicted molar refractivity (Wildman–Crippen MR) is 70.3 cm³/mol. The average molecular weight is 237 g/mol. The zero-order valence-corrected chi connectivity index (χ0v) is 9.58. The highest BCUT2D eigenvalue weighted by Crippen LogP contribution is 2.24. The molecule has 3 heteroatoms. The molecule has 1 aromatic heterocycles. The molecule has 1 N–H and O–H groups in total. The number of nitrogens with zero attached hydrogens (tertiary/aromatic N) is 1. The van der Waals surface area contributed by atoms with E-state index in [0.29, 0.717) is 5.56 Å². The lowest BCUT2D eigenvalue weighted by Crippen LogP contribution is -1.90. The third-order valence-electron chi connectivity index (χ3n) is 3.00. The fraction of sp³-hybridized carbons (Fsp3) is 0. The number of carbonyl (C=O) groups is 1. The van der Waals surface area contributed by atoms with Crippen molar-refractivity contribution in [1.82, 2.24) is 4.57 Å². The van der Waals surface area contributed by atoms with Crippen molar-refractivity contribution in [2.24, 2.45) is 0 Å². The van der Waals surface area contributed by atoms with Crippen molar-refractivity contribution < 1.29 is 9.90 Å². The Morgan fingerprint density at radius 1 is 1.00 bits per heavy atom. The molecule has 0 bridgehead atoms. The first-order valence-corrected chi connectivity index (χ1v) is 5.64. The summed E-state index contributed by atoms with van der Waals surface area (Å²) in [6, 6.07) is 14.6. The summed E-state index contributed by atoms with van der Waals surface area (Å²) in [5.74, 6) is 0.228. The van der Waals surface area contributed by atoms with Gasteiger partial charge in [0, 0.05) is 22.8 Å². The average Bonchev–Trinajstić information content (AvgIpc) is 2.79. The maximum atomic E-state index is 11.1. The first-order chi connectivity index (χ1) is 8.79. The van der Waals surface area contributed by atoms with Crippen LogP contribution in [-0.4, -0.2) is 16.0 Å². The molecule has 88 valence electrons. The van der Waals surface area contributed by atoms with Crippen LogP contribution in [0.3, 0.4) is 0 Å². The Morgan fingerprint density at radius 3 is 2.44 bits per heavy atom. The van der Waals surface area contributed by atoms with Gasteiger partial charge in [-0.05, 0) is 30.3 Å². The van der Waals surface area contributed by atoms with Crippen LogP contribution in [0.4, 0.5) is 0 Å². The van der Waals surface area contributed by atoms with Crippen molar-refractivity contribution in [2.75, 3.05) is 0 Å². The minimum atomic E-state index is 0.228. The maximum absolute atomic E-state index is 11.1. The normalized spacial score (nSPS) is 10.7. The van der Waals surface area contributed by atoms with Gasteiger partial charge in [0.2, 0.25) is 0 Å². The molecule has 3 aromatic rings. The summed E-state index contributed by atoms with van der Waals surface area (Å²) in [6.07, 6.45) is 2.67. The van der Waals surface area contributed by atoms with Gasteiger partial charge in [-0.1, -0.05) is 18.2 Å². The Hall–Kier alpha value is -2.55. The number of carbonyl (C=O) groups excluding carboxylic acids is 1. The van der Waals surface area contributed by atoms with Crippen LogP contribution in [0.15, 0.2) is 54.7 Å². The molecule has 3 rings (SSSR count). The van der Waals surface area contributed by atoms with Crippen LogP contribution in [0.1, 0.15) is 10.4 Å². The summed E-state index contributed by atoms with van der Waals surface area (Å²) in [7, 11) is 0. The van der Waals surface area contributed by atoms with Gasteiger partial charge in [-0.15, -0.1) is 0 Å². The number of phenols is 1. The lowest BCUT2D eigenvalue weighted by atomic mass is 10.2. The zero-order valence-electron chi connectivity index (χ0n) is 9.58. The molecule has 0 unspecified atom stereocenters. The van der Waals surface area contributed by atoms with E-state index >= 15 is 0 Å². The van der Waals surface area contributed by atoms with E-state index in [9.17, 15) is 9.90 Å². The second kappa shape index (κ2) is 4.04. The van der Waals surface area contributed by atoms with Gasteiger partial charge in [-0.2, -0.15) is 0 Å². The van der Waals surface area contributed by atoms with Crippen LogP contribution in [0.2, 0.25) is 0 Å².